The molecule has 0 aliphatic heterocycles. The molecule has 0 aliphatic carbocycles. The number of hydrogen-bond donors (Lipinski definition) is 2. The Morgan fingerprint density at radius 2 is 1.78 bits per heavy atom. The van der Waals surface area contributed by atoms with Crippen LogP contribution in [0.5, 0.6) is 5.75 Å². The lowest BCUT2D eigenvalue weighted by Crippen LogP contribution is -2.21. The lowest BCUT2D eigenvalue weighted by Gasteiger charge is -2.10. The number of carbonyl (C=O) groups is 2. The number of ether oxygens (including phenoxy) is 2. The highest BCUT2D eigenvalue weighted by atomic mass is 32.2. The zero-order chi connectivity index (χ0) is 25.3. The summed E-state index contributed by atoms with van der Waals surface area (Å²) in [6.07, 6.45) is 0.590. The van der Waals surface area contributed by atoms with Gasteiger partial charge in [0.25, 0.3) is 5.91 Å². The standard InChI is InChI=1S/C28H25N3O4S/c1-34-20-12-10-19(11-13-20)28-22(21-6-2-3-7-23(21)31-28)14-15-27(33)35-18-26(32)30-24-8-4-5-9-25(24)36-17-16-29/h2-13,31H,14-15,17-18H2,1H3,(H,30,32). The molecule has 0 unspecified atom stereocenters. The van der Waals surface area contributed by atoms with Gasteiger partial charge in [0.1, 0.15) is 5.75 Å². The van der Waals surface area contributed by atoms with Crippen molar-refractivity contribution in [3.8, 4) is 23.1 Å². The van der Waals surface area contributed by atoms with Crippen molar-refractivity contribution < 1.29 is 19.1 Å². The molecule has 2 N–H and O–H groups in total. The Kier molecular flexibility index (Phi) is 8.27. The van der Waals surface area contributed by atoms with E-state index in [1.54, 1.807) is 19.2 Å². The fourth-order valence-corrected chi connectivity index (χ4v) is 4.57. The molecule has 0 aliphatic rings. The Labute approximate surface area is 213 Å². The average molecular weight is 500 g/mol. The van der Waals surface area contributed by atoms with Crippen LogP contribution in [0.4, 0.5) is 5.69 Å². The Balaban J connectivity index is 1.39. The molecule has 1 aromatic heterocycles. The smallest absolute Gasteiger partial charge is 0.306 e. The van der Waals surface area contributed by atoms with E-state index in [0.717, 1.165) is 38.4 Å². The number of rotatable bonds is 10. The quantitative estimate of drug-likeness (QED) is 0.218. The third-order valence-electron chi connectivity index (χ3n) is 5.59. The van der Waals surface area contributed by atoms with Gasteiger partial charge in [-0.05, 0) is 60.0 Å². The molecule has 182 valence electrons. The molecule has 0 fully saturated rings. The number of nitrogens with one attached hydrogen (secondary N) is 2. The Bertz CT molecular complexity index is 1410. The van der Waals surface area contributed by atoms with Crippen molar-refractivity contribution >= 4 is 40.2 Å². The molecular weight excluding hydrogens is 474 g/mol. The Morgan fingerprint density at radius 1 is 1.03 bits per heavy atom. The summed E-state index contributed by atoms with van der Waals surface area (Å²) in [5, 5.41) is 12.6. The van der Waals surface area contributed by atoms with Crippen LogP contribution < -0.4 is 10.1 Å². The van der Waals surface area contributed by atoms with Gasteiger partial charge in [0.05, 0.1) is 24.6 Å². The zero-order valence-electron chi connectivity index (χ0n) is 19.7. The minimum absolute atomic E-state index is 0.132. The molecule has 0 bridgehead atoms. The summed E-state index contributed by atoms with van der Waals surface area (Å²) in [7, 11) is 1.63. The van der Waals surface area contributed by atoms with Crippen molar-refractivity contribution in [2.45, 2.75) is 17.7 Å². The summed E-state index contributed by atoms with van der Waals surface area (Å²) in [6, 6.07) is 25.0. The van der Waals surface area contributed by atoms with E-state index in [-0.39, 0.29) is 18.8 Å². The predicted molar refractivity (Wildman–Crippen MR) is 141 cm³/mol. The predicted octanol–water partition coefficient (Wildman–Crippen LogP) is 5.57. The van der Waals surface area contributed by atoms with E-state index in [9.17, 15) is 9.59 Å². The number of fused-ring (bicyclic) bond motifs is 1. The molecular formula is C28H25N3O4S. The number of nitriles is 1. The number of nitrogens with zero attached hydrogens (tertiary/aromatic N) is 1. The van der Waals surface area contributed by atoms with Crippen molar-refractivity contribution in [3.05, 3.63) is 78.4 Å². The van der Waals surface area contributed by atoms with Crippen molar-refractivity contribution in [2.24, 2.45) is 0 Å². The maximum Gasteiger partial charge on any atom is 0.306 e. The van der Waals surface area contributed by atoms with E-state index in [1.807, 2.05) is 60.7 Å². The first kappa shape index (κ1) is 24.9. The first-order valence-electron chi connectivity index (χ1n) is 11.4. The molecule has 1 heterocycles. The van der Waals surface area contributed by atoms with Gasteiger partial charge in [0, 0.05) is 27.9 Å². The number of methoxy groups -OCH3 is 1. The number of H-pyrrole nitrogens is 1. The number of carbonyl (C=O) groups excluding carboxylic acids is 2. The second-order valence-corrected chi connectivity index (χ2v) is 8.92. The lowest BCUT2D eigenvalue weighted by atomic mass is 10.0. The average Bonchev–Trinajstić information content (AvgIpc) is 3.29. The highest BCUT2D eigenvalue weighted by Crippen LogP contribution is 2.32. The highest BCUT2D eigenvalue weighted by molar-refractivity contribution is 7.99. The lowest BCUT2D eigenvalue weighted by molar-refractivity contribution is -0.147. The SMILES string of the molecule is COc1ccc(-c2[nH]c3ccccc3c2CCC(=O)OCC(=O)Nc2ccccc2SCC#N)cc1. The van der Waals surface area contributed by atoms with E-state index >= 15 is 0 Å². The minimum Gasteiger partial charge on any atom is -0.497 e. The molecule has 3 aromatic carbocycles. The molecule has 0 radical (unpaired) electrons. The van der Waals surface area contributed by atoms with Gasteiger partial charge >= 0.3 is 5.97 Å². The molecule has 1 amide bonds. The van der Waals surface area contributed by atoms with Crippen LogP contribution in [-0.4, -0.2) is 36.3 Å². The summed E-state index contributed by atoms with van der Waals surface area (Å²) in [4.78, 5) is 29.1. The Hall–Kier alpha value is -4.22. The van der Waals surface area contributed by atoms with Crippen LogP contribution in [-0.2, 0) is 20.7 Å². The largest absolute Gasteiger partial charge is 0.497 e. The van der Waals surface area contributed by atoms with Crippen LogP contribution in [0.15, 0.2) is 77.7 Å². The Morgan fingerprint density at radius 3 is 2.56 bits per heavy atom. The van der Waals surface area contributed by atoms with Crippen molar-refractivity contribution in [1.82, 2.24) is 4.98 Å². The summed E-state index contributed by atoms with van der Waals surface area (Å²) in [6.45, 7) is -0.380. The number of aromatic amines is 1. The first-order chi connectivity index (χ1) is 17.6. The molecule has 4 aromatic rings. The van der Waals surface area contributed by atoms with Crippen LogP contribution in [0.1, 0.15) is 12.0 Å². The molecule has 0 atom stereocenters. The van der Waals surface area contributed by atoms with Gasteiger partial charge in [-0.15, -0.1) is 11.8 Å². The number of amides is 1. The van der Waals surface area contributed by atoms with Crippen LogP contribution >= 0.6 is 11.8 Å². The van der Waals surface area contributed by atoms with Gasteiger partial charge in [-0.2, -0.15) is 5.26 Å². The number of aryl methyl sites for hydroxylation is 1. The fraction of sp³-hybridized carbons (Fsp3) is 0.179. The molecule has 36 heavy (non-hydrogen) atoms. The van der Waals surface area contributed by atoms with Gasteiger partial charge in [-0.3, -0.25) is 9.59 Å². The van der Waals surface area contributed by atoms with Gasteiger partial charge in [0.15, 0.2) is 6.61 Å². The van der Waals surface area contributed by atoms with Gasteiger partial charge in [0.2, 0.25) is 0 Å². The maximum atomic E-state index is 12.5. The topological polar surface area (TPSA) is 104 Å². The minimum atomic E-state index is -0.455. The summed E-state index contributed by atoms with van der Waals surface area (Å²) in [5.74, 6) is 0.154. The number of benzene rings is 3. The van der Waals surface area contributed by atoms with Gasteiger partial charge in [-0.25, -0.2) is 0 Å². The number of aromatic nitrogens is 1. The molecule has 0 spiro atoms. The summed E-state index contributed by atoms with van der Waals surface area (Å²) < 4.78 is 10.5. The van der Waals surface area contributed by atoms with Crippen molar-refractivity contribution in [3.63, 3.8) is 0 Å². The van der Waals surface area contributed by atoms with E-state index in [0.29, 0.717) is 12.1 Å². The third-order valence-corrected chi connectivity index (χ3v) is 6.53. The van der Waals surface area contributed by atoms with E-state index in [2.05, 4.69) is 16.4 Å². The first-order valence-corrected chi connectivity index (χ1v) is 12.4. The number of thioether (sulfide) groups is 1. The molecule has 4 rings (SSSR count). The maximum absolute atomic E-state index is 12.5. The second-order valence-electron chi connectivity index (χ2n) is 7.90. The van der Waals surface area contributed by atoms with Crippen LogP contribution in [0.2, 0.25) is 0 Å². The van der Waals surface area contributed by atoms with Crippen LogP contribution in [0, 0.1) is 11.3 Å². The fourth-order valence-electron chi connectivity index (χ4n) is 3.90. The van der Waals surface area contributed by atoms with E-state index < -0.39 is 11.9 Å². The van der Waals surface area contributed by atoms with E-state index in [1.165, 1.54) is 11.8 Å². The normalized spacial score (nSPS) is 10.6. The van der Waals surface area contributed by atoms with Crippen LogP contribution in [0.3, 0.4) is 0 Å². The molecule has 0 saturated carbocycles. The highest BCUT2D eigenvalue weighted by Gasteiger charge is 2.16. The molecule has 8 heteroatoms. The summed E-state index contributed by atoms with van der Waals surface area (Å²) >= 11 is 1.33. The number of esters is 1. The van der Waals surface area contributed by atoms with Crippen molar-refractivity contribution in [2.75, 3.05) is 24.8 Å². The van der Waals surface area contributed by atoms with Gasteiger partial charge < -0.3 is 19.8 Å². The molecule has 0 saturated heterocycles. The molecule has 7 nitrogen and oxygen atoms in total. The number of anilines is 1. The van der Waals surface area contributed by atoms with Crippen LogP contribution in [0.25, 0.3) is 22.2 Å². The van der Waals surface area contributed by atoms with Gasteiger partial charge in [-0.1, -0.05) is 30.3 Å². The second kappa shape index (κ2) is 12.0. The third kappa shape index (κ3) is 6.06. The zero-order valence-corrected chi connectivity index (χ0v) is 20.6. The van der Waals surface area contributed by atoms with E-state index in [4.69, 9.17) is 14.7 Å². The summed E-state index contributed by atoms with van der Waals surface area (Å²) in [5.41, 5.74) is 4.51. The number of hydrogen-bond acceptors (Lipinski definition) is 6. The number of para-hydroxylation sites is 2. The monoisotopic (exact) mass is 499 g/mol. The van der Waals surface area contributed by atoms with Crippen molar-refractivity contribution in [1.29, 1.82) is 5.26 Å².